The van der Waals surface area contributed by atoms with Gasteiger partial charge in [0.05, 0.1) is 11.6 Å². The highest BCUT2D eigenvalue weighted by Crippen LogP contribution is 2.26. The average Bonchev–Trinajstić information content (AvgIpc) is 2.37. The van der Waals surface area contributed by atoms with E-state index in [2.05, 4.69) is 32.8 Å². The van der Waals surface area contributed by atoms with Crippen LogP contribution in [0.5, 0.6) is 0 Å². The lowest BCUT2D eigenvalue weighted by atomic mass is 10.1. The van der Waals surface area contributed by atoms with Crippen molar-refractivity contribution in [2.45, 2.75) is 6.04 Å². The van der Waals surface area contributed by atoms with Gasteiger partial charge in [-0.1, -0.05) is 0 Å². The van der Waals surface area contributed by atoms with Crippen LogP contribution in [0.1, 0.15) is 10.4 Å². The summed E-state index contributed by atoms with van der Waals surface area (Å²) in [4.78, 5) is 15.8. The molecule has 0 aliphatic carbocycles. The number of benzene rings is 1. The Balaban J connectivity index is 2.26. The molecule has 0 aromatic heterocycles. The summed E-state index contributed by atoms with van der Waals surface area (Å²) in [6, 6.07) is 5.92. The van der Waals surface area contributed by atoms with Crippen molar-refractivity contribution in [2.75, 3.05) is 38.1 Å². The van der Waals surface area contributed by atoms with Gasteiger partial charge < -0.3 is 21.3 Å². The van der Waals surface area contributed by atoms with Crippen molar-refractivity contribution in [1.82, 2.24) is 4.90 Å². The third-order valence-electron chi connectivity index (χ3n) is 3.51. The normalized spacial score (nSPS) is 20.6. The minimum atomic E-state index is -0.424. The molecule has 1 unspecified atom stereocenters. The number of amides is 1. The number of halogens is 1. The van der Waals surface area contributed by atoms with Crippen molar-refractivity contribution in [1.29, 1.82) is 0 Å². The summed E-state index contributed by atoms with van der Waals surface area (Å²) >= 11 is 3.40. The summed E-state index contributed by atoms with van der Waals surface area (Å²) < 4.78 is 0.729. The van der Waals surface area contributed by atoms with Crippen molar-refractivity contribution in [3.8, 4) is 0 Å². The zero-order chi connectivity index (χ0) is 14.0. The van der Waals surface area contributed by atoms with E-state index in [1.165, 1.54) is 0 Å². The Morgan fingerprint density at radius 1 is 1.47 bits per heavy atom. The van der Waals surface area contributed by atoms with Gasteiger partial charge in [-0.3, -0.25) is 4.79 Å². The molecule has 1 aliphatic heterocycles. The first kappa shape index (κ1) is 14.3. The van der Waals surface area contributed by atoms with E-state index in [1.807, 2.05) is 12.1 Å². The van der Waals surface area contributed by atoms with Crippen LogP contribution in [0.25, 0.3) is 0 Å². The lowest BCUT2D eigenvalue weighted by Gasteiger charge is -2.41. The largest absolute Gasteiger partial charge is 0.366 e. The SMILES string of the molecule is CN1CCN(c2ccc(C(N)=O)c(Br)c2)C(CN)C1. The third kappa shape index (κ3) is 3.08. The van der Waals surface area contributed by atoms with Gasteiger partial charge in [0.25, 0.3) is 0 Å². The number of hydrogen-bond acceptors (Lipinski definition) is 4. The van der Waals surface area contributed by atoms with E-state index < -0.39 is 5.91 Å². The summed E-state index contributed by atoms with van der Waals surface area (Å²) in [6.45, 7) is 3.50. The predicted octanol–water partition coefficient (Wildman–Crippen LogP) is 0.627. The van der Waals surface area contributed by atoms with Crippen LogP contribution in [0, 0.1) is 0 Å². The van der Waals surface area contributed by atoms with Crippen LogP contribution in [-0.2, 0) is 0 Å². The van der Waals surface area contributed by atoms with E-state index >= 15 is 0 Å². The number of likely N-dealkylation sites (N-methyl/N-ethyl adjacent to an activating group) is 1. The van der Waals surface area contributed by atoms with Crippen LogP contribution in [0.15, 0.2) is 22.7 Å². The third-order valence-corrected chi connectivity index (χ3v) is 4.16. The highest BCUT2D eigenvalue weighted by atomic mass is 79.9. The molecular formula is C13H19BrN4O. The quantitative estimate of drug-likeness (QED) is 0.854. The first-order chi connectivity index (χ1) is 9.02. The Bertz CT molecular complexity index is 480. The number of nitrogens with zero attached hydrogens (tertiary/aromatic N) is 2. The van der Waals surface area contributed by atoms with E-state index in [9.17, 15) is 4.79 Å². The van der Waals surface area contributed by atoms with Gasteiger partial charge in [0, 0.05) is 36.3 Å². The molecule has 1 aromatic rings. The van der Waals surface area contributed by atoms with Crippen molar-refractivity contribution in [3.63, 3.8) is 0 Å². The minimum Gasteiger partial charge on any atom is -0.366 e. The molecule has 1 fully saturated rings. The van der Waals surface area contributed by atoms with E-state index in [0.29, 0.717) is 18.2 Å². The first-order valence-electron chi connectivity index (χ1n) is 6.27. The standard InChI is InChI=1S/C13H19BrN4O/c1-17-4-5-18(10(7-15)8-17)9-2-3-11(13(16)19)12(14)6-9/h2-3,6,10H,4-5,7-8,15H2,1H3,(H2,16,19). The zero-order valence-corrected chi connectivity index (χ0v) is 12.6. The Morgan fingerprint density at radius 3 is 2.79 bits per heavy atom. The van der Waals surface area contributed by atoms with Crippen LogP contribution in [0.3, 0.4) is 0 Å². The van der Waals surface area contributed by atoms with Gasteiger partial charge in [0.15, 0.2) is 0 Å². The van der Waals surface area contributed by atoms with E-state index in [-0.39, 0.29) is 0 Å². The molecule has 1 saturated heterocycles. The Morgan fingerprint density at radius 2 is 2.21 bits per heavy atom. The molecule has 1 atom stereocenters. The molecular weight excluding hydrogens is 308 g/mol. The van der Waals surface area contributed by atoms with Crippen LogP contribution < -0.4 is 16.4 Å². The number of carbonyl (C=O) groups excluding carboxylic acids is 1. The maximum absolute atomic E-state index is 11.2. The number of carbonyl (C=O) groups is 1. The molecule has 1 aliphatic rings. The van der Waals surface area contributed by atoms with E-state index in [1.54, 1.807) is 6.07 Å². The summed E-state index contributed by atoms with van der Waals surface area (Å²) in [5.74, 6) is -0.424. The summed E-state index contributed by atoms with van der Waals surface area (Å²) in [5, 5.41) is 0. The number of hydrogen-bond donors (Lipinski definition) is 2. The second-order valence-electron chi connectivity index (χ2n) is 4.87. The number of nitrogens with two attached hydrogens (primary N) is 2. The number of anilines is 1. The molecule has 19 heavy (non-hydrogen) atoms. The molecule has 0 bridgehead atoms. The van der Waals surface area contributed by atoms with Gasteiger partial charge in [0.1, 0.15) is 0 Å². The predicted molar refractivity (Wildman–Crippen MR) is 80.3 cm³/mol. The lowest BCUT2D eigenvalue weighted by Crippen LogP contribution is -2.55. The molecule has 0 spiro atoms. The summed E-state index contributed by atoms with van der Waals surface area (Å²) in [6.07, 6.45) is 0. The molecule has 5 nitrogen and oxygen atoms in total. The van der Waals surface area contributed by atoms with Gasteiger partial charge in [-0.2, -0.15) is 0 Å². The van der Waals surface area contributed by atoms with Crippen LogP contribution in [-0.4, -0.2) is 50.1 Å². The van der Waals surface area contributed by atoms with Crippen molar-refractivity contribution in [2.24, 2.45) is 11.5 Å². The number of primary amides is 1. The molecule has 0 saturated carbocycles. The van der Waals surface area contributed by atoms with Crippen LogP contribution in [0.2, 0.25) is 0 Å². The van der Waals surface area contributed by atoms with Crippen molar-refractivity contribution < 1.29 is 4.79 Å². The highest BCUT2D eigenvalue weighted by molar-refractivity contribution is 9.10. The number of rotatable bonds is 3. The van der Waals surface area contributed by atoms with Gasteiger partial charge in [-0.05, 0) is 41.2 Å². The fourth-order valence-electron chi connectivity index (χ4n) is 2.43. The van der Waals surface area contributed by atoms with Gasteiger partial charge >= 0.3 is 0 Å². The summed E-state index contributed by atoms with van der Waals surface area (Å²) in [5.41, 5.74) is 12.7. The average molecular weight is 327 g/mol. The molecule has 4 N–H and O–H groups in total. The molecule has 0 radical (unpaired) electrons. The fourth-order valence-corrected chi connectivity index (χ4v) is 3.00. The molecule has 2 rings (SSSR count). The van der Waals surface area contributed by atoms with Gasteiger partial charge in [0.2, 0.25) is 5.91 Å². The monoisotopic (exact) mass is 326 g/mol. The van der Waals surface area contributed by atoms with Gasteiger partial charge in [-0.15, -0.1) is 0 Å². The highest BCUT2D eigenvalue weighted by Gasteiger charge is 2.24. The molecule has 6 heteroatoms. The minimum absolute atomic E-state index is 0.296. The zero-order valence-electron chi connectivity index (χ0n) is 11.0. The smallest absolute Gasteiger partial charge is 0.249 e. The van der Waals surface area contributed by atoms with Crippen LogP contribution in [0.4, 0.5) is 5.69 Å². The lowest BCUT2D eigenvalue weighted by molar-refractivity contribution is 0.0999. The Kier molecular flexibility index (Phi) is 4.44. The van der Waals surface area contributed by atoms with Crippen LogP contribution >= 0.6 is 15.9 Å². The van der Waals surface area contributed by atoms with Crippen molar-refractivity contribution in [3.05, 3.63) is 28.2 Å². The maximum Gasteiger partial charge on any atom is 0.249 e. The molecule has 1 aromatic carbocycles. The van der Waals surface area contributed by atoms with E-state index in [0.717, 1.165) is 29.8 Å². The van der Waals surface area contributed by atoms with E-state index in [4.69, 9.17) is 11.5 Å². The summed E-state index contributed by atoms with van der Waals surface area (Å²) in [7, 11) is 2.10. The topological polar surface area (TPSA) is 75.6 Å². The second kappa shape index (κ2) is 5.90. The number of piperazine rings is 1. The Hall–Kier alpha value is -1.11. The molecule has 1 amide bonds. The van der Waals surface area contributed by atoms with Gasteiger partial charge in [-0.25, -0.2) is 0 Å². The second-order valence-corrected chi connectivity index (χ2v) is 5.73. The fraction of sp³-hybridized carbons (Fsp3) is 0.462. The first-order valence-corrected chi connectivity index (χ1v) is 7.07. The molecule has 104 valence electrons. The Labute approximate surface area is 121 Å². The molecule has 1 heterocycles. The maximum atomic E-state index is 11.2. The van der Waals surface area contributed by atoms with Crippen molar-refractivity contribution >= 4 is 27.5 Å².